The fourth-order valence-corrected chi connectivity index (χ4v) is 2.55. The Morgan fingerprint density at radius 3 is 2.60 bits per heavy atom. The number of carbonyl (C=O) groups excluding carboxylic acids is 1. The quantitative estimate of drug-likeness (QED) is 0.709. The molecular weight excluding hydrogens is 354 g/mol. The van der Waals surface area contributed by atoms with E-state index in [2.05, 4.69) is 9.82 Å². The second-order valence-electron chi connectivity index (χ2n) is 5.07. The van der Waals surface area contributed by atoms with Gasteiger partial charge in [-0.1, -0.05) is 16.3 Å². The maximum Gasteiger partial charge on any atom is 0.363 e. The fourth-order valence-electron chi connectivity index (χ4n) is 2.29. The Morgan fingerprint density at radius 2 is 2.00 bits per heavy atom. The van der Waals surface area contributed by atoms with Crippen molar-refractivity contribution < 1.29 is 19.5 Å². The van der Waals surface area contributed by atoms with Crippen LogP contribution in [0, 0.1) is 0 Å². The second kappa shape index (κ2) is 5.95. The molecule has 25 heavy (non-hydrogen) atoms. The van der Waals surface area contributed by atoms with Crippen molar-refractivity contribution >= 4 is 34.4 Å². The molecule has 0 aliphatic heterocycles. The summed E-state index contributed by atoms with van der Waals surface area (Å²) in [7, 11) is 0. The summed E-state index contributed by atoms with van der Waals surface area (Å²) in [6, 6.07) is 4.09. The number of carboxylic acids is 1. The molecule has 0 saturated heterocycles. The fraction of sp³-hybridized carbons (Fsp3) is 0.0667. The molecule has 0 radical (unpaired) electrons. The van der Waals surface area contributed by atoms with E-state index in [1.54, 1.807) is 0 Å². The Balaban J connectivity index is 2.26. The zero-order valence-electron chi connectivity index (χ0n) is 12.6. The van der Waals surface area contributed by atoms with E-state index in [1.165, 1.54) is 35.2 Å². The molecular formula is C15H10ClN3O6. The third-order valence-corrected chi connectivity index (χ3v) is 3.67. The van der Waals surface area contributed by atoms with E-state index >= 15 is 0 Å². The summed E-state index contributed by atoms with van der Waals surface area (Å²) >= 11 is 6.17. The van der Waals surface area contributed by atoms with Crippen LogP contribution in [0.25, 0.3) is 16.6 Å². The molecule has 0 aliphatic carbocycles. The molecule has 1 aromatic carbocycles. The highest BCUT2D eigenvalue weighted by Crippen LogP contribution is 2.25. The van der Waals surface area contributed by atoms with Gasteiger partial charge in [0.15, 0.2) is 0 Å². The van der Waals surface area contributed by atoms with Crippen molar-refractivity contribution in [1.82, 2.24) is 14.3 Å². The van der Waals surface area contributed by atoms with Crippen LogP contribution in [0.5, 0.6) is 0 Å². The summed E-state index contributed by atoms with van der Waals surface area (Å²) in [5.41, 5.74) is -1.27. The number of benzene rings is 1. The minimum atomic E-state index is -1.11. The molecule has 3 rings (SSSR count). The van der Waals surface area contributed by atoms with Crippen LogP contribution in [-0.4, -0.2) is 31.3 Å². The van der Waals surface area contributed by atoms with Gasteiger partial charge in [0.25, 0.3) is 5.56 Å². The normalized spacial score (nSPS) is 10.8. The lowest BCUT2D eigenvalue weighted by Gasteiger charge is -2.09. The van der Waals surface area contributed by atoms with Gasteiger partial charge in [0.2, 0.25) is 0 Å². The van der Waals surface area contributed by atoms with Crippen LogP contribution >= 0.6 is 11.6 Å². The van der Waals surface area contributed by atoms with Crippen LogP contribution in [0.2, 0.25) is 5.02 Å². The average molecular weight is 364 g/mol. The van der Waals surface area contributed by atoms with Gasteiger partial charge < -0.3 is 19.5 Å². The molecule has 10 heteroatoms. The molecule has 3 aromatic rings. The van der Waals surface area contributed by atoms with Gasteiger partial charge in [-0.3, -0.25) is 4.79 Å². The number of rotatable bonds is 3. The summed E-state index contributed by atoms with van der Waals surface area (Å²) in [6.45, 7) is 1.05. The number of hydrogen-bond donors (Lipinski definition) is 2. The molecule has 0 unspecified atom stereocenters. The number of aromatic nitrogens is 3. The van der Waals surface area contributed by atoms with Gasteiger partial charge in [-0.2, -0.15) is 0 Å². The number of nitrogens with one attached hydrogen (secondary N) is 1. The van der Waals surface area contributed by atoms with E-state index < -0.39 is 23.2 Å². The third-order valence-electron chi connectivity index (χ3n) is 3.37. The predicted octanol–water partition coefficient (Wildman–Crippen LogP) is 0.807. The Bertz CT molecular complexity index is 1140. The minimum Gasteiger partial charge on any atom is -0.478 e. The van der Waals surface area contributed by atoms with Crippen molar-refractivity contribution in [2.75, 3.05) is 0 Å². The van der Waals surface area contributed by atoms with E-state index in [4.69, 9.17) is 16.7 Å². The molecule has 2 heterocycles. The van der Waals surface area contributed by atoms with Crippen molar-refractivity contribution in [2.45, 2.75) is 6.92 Å². The third kappa shape index (κ3) is 2.92. The van der Waals surface area contributed by atoms with Gasteiger partial charge >= 0.3 is 17.6 Å². The molecule has 0 aliphatic rings. The number of H-pyrrole nitrogens is 1. The van der Waals surface area contributed by atoms with Crippen molar-refractivity contribution in [1.29, 1.82) is 0 Å². The SMILES string of the molecule is CC(=O)On1c(=O)[nH]c2cc(Cl)c(-n3ccc(C(=O)O)c3)cc2c1=O. The van der Waals surface area contributed by atoms with Crippen LogP contribution < -0.4 is 16.1 Å². The number of aromatic amines is 1. The minimum absolute atomic E-state index is 0.0332. The second-order valence-corrected chi connectivity index (χ2v) is 5.48. The Labute approximate surface area is 143 Å². The van der Waals surface area contributed by atoms with Gasteiger partial charge in [0, 0.05) is 19.3 Å². The number of carbonyl (C=O) groups is 2. The topological polar surface area (TPSA) is 123 Å². The Morgan fingerprint density at radius 1 is 1.28 bits per heavy atom. The number of fused-ring (bicyclic) bond motifs is 1. The van der Waals surface area contributed by atoms with Crippen LogP contribution in [0.4, 0.5) is 0 Å². The van der Waals surface area contributed by atoms with Gasteiger partial charge in [0.1, 0.15) is 0 Å². The van der Waals surface area contributed by atoms with E-state index in [0.29, 0.717) is 10.4 Å². The zero-order chi connectivity index (χ0) is 18.3. The van der Waals surface area contributed by atoms with Crippen molar-refractivity contribution in [3.05, 3.63) is 62.0 Å². The van der Waals surface area contributed by atoms with Crippen molar-refractivity contribution in [3.63, 3.8) is 0 Å². The molecule has 0 amide bonds. The lowest BCUT2D eigenvalue weighted by Crippen LogP contribution is -2.41. The summed E-state index contributed by atoms with van der Waals surface area (Å²) < 4.78 is 1.73. The summed E-state index contributed by atoms with van der Waals surface area (Å²) in [4.78, 5) is 53.3. The number of hydrogen-bond acceptors (Lipinski definition) is 5. The largest absolute Gasteiger partial charge is 0.478 e. The molecule has 9 nitrogen and oxygen atoms in total. The summed E-state index contributed by atoms with van der Waals surface area (Å²) in [6.07, 6.45) is 2.79. The number of halogens is 1. The Hall–Kier alpha value is -3.33. The van der Waals surface area contributed by atoms with Crippen LogP contribution in [0.3, 0.4) is 0 Å². The monoisotopic (exact) mass is 363 g/mol. The standard InChI is InChI=1S/C15H10ClN3O6/c1-7(20)25-19-13(21)9-4-12(10(16)5-11(9)17-15(19)24)18-3-2-8(6-18)14(22)23/h2-6H,1H3,(H,17,24)(H,22,23). The molecule has 0 bridgehead atoms. The summed E-state index contributed by atoms with van der Waals surface area (Å²) in [5, 5.41) is 9.21. The van der Waals surface area contributed by atoms with Crippen LogP contribution in [0.1, 0.15) is 17.3 Å². The van der Waals surface area contributed by atoms with Crippen molar-refractivity contribution in [3.8, 4) is 5.69 Å². The molecule has 0 saturated carbocycles. The van der Waals surface area contributed by atoms with Crippen LogP contribution in [-0.2, 0) is 4.79 Å². The number of carboxylic acid groups (broad SMARTS) is 1. The number of aromatic carboxylic acids is 1. The molecule has 0 fully saturated rings. The Kier molecular flexibility index (Phi) is 3.93. The van der Waals surface area contributed by atoms with Crippen LogP contribution in [0.15, 0.2) is 40.2 Å². The van der Waals surface area contributed by atoms with Gasteiger partial charge in [-0.05, 0) is 18.2 Å². The van der Waals surface area contributed by atoms with Gasteiger partial charge in [0.05, 0.1) is 27.2 Å². The lowest BCUT2D eigenvalue weighted by atomic mass is 10.2. The molecule has 0 atom stereocenters. The highest BCUT2D eigenvalue weighted by molar-refractivity contribution is 6.33. The van der Waals surface area contributed by atoms with E-state index in [9.17, 15) is 19.2 Å². The highest BCUT2D eigenvalue weighted by Gasteiger charge is 2.15. The number of nitrogens with zero attached hydrogens (tertiary/aromatic N) is 2. The highest BCUT2D eigenvalue weighted by atomic mass is 35.5. The van der Waals surface area contributed by atoms with E-state index in [-0.39, 0.29) is 21.5 Å². The maximum atomic E-state index is 12.4. The molecule has 2 N–H and O–H groups in total. The predicted molar refractivity (Wildman–Crippen MR) is 87.4 cm³/mol. The first-order chi connectivity index (χ1) is 11.8. The summed E-state index contributed by atoms with van der Waals surface area (Å²) in [5.74, 6) is -1.95. The first kappa shape index (κ1) is 16.5. The molecule has 128 valence electrons. The maximum absolute atomic E-state index is 12.4. The lowest BCUT2D eigenvalue weighted by molar-refractivity contribution is -0.142. The van der Waals surface area contributed by atoms with Crippen molar-refractivity contribution in [2.24, 2.45) is 0 Å². The van der Waals surface area contributed by atoms with Gasteiger partial charge in [-0.15, -0.1) is 0 Å². The first-order valence-corrected chi connectivity index (χ1v) is 7.25. The molecule has 0 spiro atoms. The average Bonchev–Trinajstić information content (AvgIpc) is 3.00. The van der Waals surface area contributed by atoms with E-state index in [1.807, 2.05) is 0 Å². The molecule has 2 aromatic heterocycles. The first-order valence-electron chi connectivity index (χ1n) is 6.87. The smallest absolute Gasteiger partial charge is 0.363 e. The zero-order valence-corrected chi connectivity index (χ0v) is 13.4. The van der Waals surface area contributed by atoms with E-state index in [0.717, 1.165) is 6.92 Å². The van der Waals surface area contributed by atoms with Gasteiger partial charge in [-0.25, -0.2) is 14.4 Å².